The van der Waals surface area contributed by atoms with Crippen LogP contribution in [-0.4, -0.2) is 11.1 Å². The quantitative estimate of drug-likeness (QED) is 0.543. The van der Waals surface area contributed by atoms with E-state index >= 15 is 0 Å². The van der Waals surface area contributed by atoms with Crippen LogP contribution >= 0.6 is 0 Å². The molecule has 0 heterocycles. The zero-order valence-corrected chi connectivity index (χ0v) is 8.83. The molecule has 4 aliphatic carbocycles. The first-order valence-electron chi connectivity index (χ1n) is 6.91. The molecular weight excluding hydrogens is 190 g/mol. The highest BCUT2D eigenvalue weighted by Gasteiger charge is 2.51. The highest BCUT2D eigenvalue weighted by molar-refractivity contribution is 5.75. The van der Waals surface area contributed by atoms with E-state index in [2.05, 4.69) is 0 Å². The summed E-state index contributed by atoms with van der Waals surface area (Å²) in [6, 6.07) is 0. The summed E-state index contributed by atoms with van der Waals surface area (Å²) in [4.78, 5) is 11.6. The first-order chi connectivity index (χ1) is 7.97. The van der Waals surface area contributed by atoms with Crippen molar-refractivity contribution >= 4 is 5.91 Å². The van der Waals surface area contributed by atoms with Gasteiger partial charge in [-0.3, -0.25) is 10.0 Å². The number of amides is 1. The van der Waals surface area contributed by atoms with Crippen molar-refractivity contribution in [3.63, 3.8) is 0 Å². The Morgan fingerprint density at radius 3 is 2.13 bits per heavy atom. The second-order valence-electron chi connectivity index (χ2n) is 5.76. The lowest BCUT2D eigenvalue weighted by Crippen LogP contribution is -2.47. The summed E-state index contributed by atoms with van der Waals surface area (Å²) in [5.74, 6) is 0.938. The van der Waals surface area contributed by atoms with Crippen molar-refractivity contribution < 1.29 is 12.7 Å². The average molecular weight is 211 g/mol. The standard InChI is InChI=1S/C12H19NO2/c14-11(13-15)7-12-4-8-1-9(5-12)3-10(2-8)6-12/h8-10,15H,1-7H2,(H,13,14)/i7D2. The van der Waals surface area contributed by atoms with E-state index in [0.29, 0.717) is 17.8 Å². The fourth-order valence-electron chi connectivity index (χ4n) is 4.53. The van der Waals surface area contributed by atoms with Crippen LogP contribution in [0.15, 0.2) is 0 Å². The van der Waals surface area contributed by atoms with Gasteiger partial charge < -0.3 is 0 Å². The van der Waals surface area contributed by atoms with Gasteiger partial charge in [-0.15, -0.1) is 0 Å². The van der Waals surface area contributed by atoms with E-state index in [-0.39, 0.29) is 0 Å². The zero-order valence-electron chi connectivity index (χ0n) is 10.8. The molecule has 2 N–H and O–H groups in total. The van der Waals surface area contributed by atoms with Crippen LogP contribution in [0.1, 0.15) is 47.6 Å². The Bertz CT molecular complexity index is 321. The Morgan fingerprint density at radius 1 is 1.27 bits per heavy atom. The SMILES string of the molecule is [2H]C([2H])(C(=O)NO)C12CC3CC(CC(C3)C1)C2. The number of hydrogen-bond donors (Lipinski definition) is 2. The van der Waals surface area contributed by atoms with Crippen LogP contribution in [-0.2, 0) is 4.79 Å². The third-order valence-electron chi connectivity index (χ3n) is 4.52. The van der Waals surface area contributed by atoms with Gasteiger partial charge in [0.15, 0.2) is 0 Å². The van der Waals surface area contributed by atoms with Gasteiger partial charge in [-0.25, -0.2) is 5.48 Å². The number of hydroxylamine groups is 1. The van der Waals surface area contributed by atoms with Gasteiger partial charge in [0.05, 0.1) is 0 Å². The molecule has 0 spiro atoms. The van der Waals surface area contributed by atoms with E-state index < -0.39 is 17.7 Å². The molecule has 3 heteroatoms. The van der Waals surface area contributed by atoms with E-state index in [1.807, 2.05) is 0 Å². The van der Waals surface area contributed by atoms with Gasteiger partial charge >= 0.3 is 0 Å². The molecule has 4 fully saturated rings. The third-order valence-corrected chi connectivity index (χ3v) is 4.52. The van der Waals surface area contributed by atoms with E-state index in [0.717, 1.165) is 19.3 Å². The summed E-state index contributed by atoms with van der Waals surface area (Å²) in [6.45, 7) is 0. The number of nitrogens with one attached hydrogen (secondary N) is 1. The first-order valence-corrected chi connectivity index (χ1v) is 5.91. The largest absolute Gasteiger partial charge is 0.289 e. The molecule has 1 amide bonds. The zero-order chi connectivity index (χ0) is 12.3. The van der Waals surface area contributed by atoms with Gasteiger partial charge in [0.1, 0.15) is 0 Å². The maximum Gasteiger partial charge on any atom is 0.243 e. The van der Waals surface area contributed by atoms with E-state index in [4.69, 9.17) is 7.95 Å². The molecule has 84 valence electrons. The molecule has 4 bridgehead atoms. The summed E-state index contributed by atoms with van der Waals surface area (Å²) in [5.41, 5.74) is 0.997. The van der Waals surface area contributed by atoms with Crippen LogP contribution in [0.4, 0.5) is 0 Å². The Kier molecular flexibility index (Phi) is 1.64. The summed E-state index contributed by atoms with van der Waals surface area (Å²) in [7, 11) is 0. The lowest BCUT2D eigenvalue weighted by atomic mass is 9.49. The molecule has 3 nitrogen and oxygen atoms in total. The van der Waals surface area contributed by atoms with Crippen molar-refractivity contribution in [1.29, 1.82) is 0 Å². The Morgan fingerprint density at radius 2 is 1.73 bits per heavy atom. The van der Waals surface area contributed by atoms with Crippen molar-refractivity contribution in [2.45, 2.75) is 44.9 Å². The average Bonchev–Trinajstić information content (AvgIpc) is 2.25. The minimum absolute atomic E-state index is 0.519. The van der Waals surface area contributed by atoms with E-state index in [1.165, 1.54) is 24.7 Å². The molecular formula is C12H19NO2. The predicted octanol–water partition coefficient (Wildman–Crippen LogP) is 2.10. The van der Waals surface area contributed by atoms with Gasteiger partial charge in [-0.1, -0.05) is 0 Å². The smallest absolute Gasteiger partial charge is 0.243 e. The maximum absolute atomic E-state index is 11.6. The predicted molar refractivity (Wildman–Crippen MR) is 55.2 cm³/mol. The normalized spacial score (nSPS) is 49.8. The molecule has 0 radical (unpaired) electrons. The summed E-state index contributed by atoms with van der Waals surface area (Å²) in [5, 5.41) is 8.73. The van der Waals surface area contributed by atoms with Crippen molar-refractivity contribution in [2.75, 3.05) is 0 Å². The molecule has 4 rings (SSSR count). The monoisotopic (exact) mass is 211 g/mol. The highest BCUT2D eigenvalue weighted by Crippen LogP contribution is 2.61. The molecule has 4 saturated carbocycles. The Labute approximate surface area is 93.0 Å². The van der Waals surface area contributed by atoms with Crippen molar-refractivity contribution in [2.24, 2.45) is 23.2 Å². The Hall–Kier alpha value is -0.570. The molecule has 4 aliphatic rings. The second-order valence-corrected chi connectivity index (χ2v) is 5.76. The van der Waals surface area contributed by atoms with Crippen molar-refractivity contribution in [3.8, 4) is 0 Å². The molecule has 0 atom stereocenters. The Balaban J connectivity index is 1.93. The highest BCUT2D eigenvalue weighted by atomic mass is 16.5. The molecule has 0 unspecified atom stereocenters. The molecule has 15 heavy (non-hydrogen) atoms. The van der Waals surface area contributed by atoms with E-state index in [9.17, 15) is 4.79 Å². The number of carbonyl (C=O) groups excluding carboxylic acids is 1. The van der Waals surface area contributed by atoms with Crippen LogP contribution in [0, 0.1) is 23.2 Å². The third kappa shape index (κ3) is 1.57. The minimum atomic E-state index is -1.93. The topological polar surface area (TPSA) is 49.3 Å². The summed E-state index contributed by atoms with van der Waals surface area (Å²) in [6.07, 6.45) is 4.18. The van der Waals surface area contributed by atoms with Crippen molar-refractivity contribution in [3.05, 3.63) is 0 Å². The number of carbonyl (C=O) groups is 1. The minimum Gasteiger partial charge on any atom is -0.289 e. The lowest BCUT2D eigenvalue weighted by Gasteiger charge is -2.56. The summed E-state index contributed by atoms with van der Waals surface area (Å²) < 4.78 is 16.2. The van der Waals surface area contributed by atoms with Crippen LogP contribution in [0.3, 0.4) is 0 Å². The fraction of sp³-hybridized carbons (Fsp3) is 0.917. The number of rotatable bonds is 2. The van der Waals surface area contributed by atoms with Gasteiger partial charge in [0, 0.05) is 9.11 Å². The molecule has 0 aromatic heterocycles. The second kappa shape index (κ2) is 3.21. The van der Waals surface area contributed by atoms with Crippen LogP contribution in [0.2, 0.25) is 0 Å². The molecule has 0 aromatic carbocycles. The van der Waals surface area contributed by atoms with Crippen LogP contribution < -0.4 is 5.48 Å². The maximum atomic E-state index is 11.6. The molecule has 0 saturated heterocycles. The van der Waals surface area contributed by atoms with Gasteiger partial charge in [-0.2, -0.15) is 0 Å². The molecule has 0 aliphatic heterocycles. The first kappa shape index (κ1) is 7.66. The van der Waals surface area contributed by atoms with Crippen molar-refractivity contribution in [1.82, 2.24) is 5.48 Å². The number of hydrogen-bond acceptors (Lipinski definition) is 2. The van der Waals surface area contributed by atoms with Gasteiger partial charge in [-0.05, 0) is 61.7 Å². The fourth-order valence-corrected chi connectivity index (χ4v) is 4.53. The molecule has 0 aromatic rings. The van der Waals surface area contributed by atoms with Gasteiger partial charge in [0.2, 0.25) is 5.91 Å². The van der Waals surface area contributed by atoms with Crippen LogP contribution in [0.5, 0.6) is 0 Å². The summed E-state index contributed by atoms with van der Waals surface area (Å²) >= 11 is 0. The van der Waals surface area contributed by atoms with Crippen LogP contribution in [0.25, 0.3) is 0 Å². The van der Waals surface area contributed by atoms with Gasteiger partial charge in [0.25, 0.3) is 0 Å². The lowest BCUT2D eigenvalue weighted by molar-refractivity contribution is -0.137. The van der Waals surface area contributed by atoms with E-state index in [1.54, 1.807) is 0 Å².